The Balaban J connectivity index is 3.52. The molecule has 0 saturated heterocycles. The average Bonchev–Trinajstić information content (AvgIpc) is 2.25. The minimum atomic E-state index is -0.481. The maximum Gasteiger partial charge on any atom is 0.308 e. The van der Waals surface area contributed by atoms with Crippen molar-refractivity contribution in [1.82, 2.24) is 0 Å². The van der Waals surface area contributed by atoms with E-state index in [-0.39, 0.29) is 10.8 Å². The van der Waals surface area contributed by atoms with Crippen LogP contribution in [-0.2, 0) is 4.79 Å². The van der Waals surface area contributed by atoms with E-state index in [1.807, 2.05) is 6.92 Å². The SMILES string of the molecule is C=Nc1c(/C=C\C)c(Cl)cc(Cl)c1OC(C)=O. The van der Waals surface area contributed by atoms with Crippen molar-refractivity contribution in [3.05, 3.63) is 27.8 Å². The van der Waals surface area contributed by atoms with Gasteiger partial charge in [-0.05, 0) is 19.7 Å². The fourth-order valence-corrected chi connectivity index (χ4v) is 1.88. The molecular formula is C12H11Cl2NO2. The van der Waals surface area contributed by atoms with E-state index in [0.717, 1.165) is 0 Å². The van der Waals surface area contributed by atoms with Gasteiger partial charge in [-0.2, -0.15) is 0 Å². The molecule has 1 rings (SSSR count). The van der Waals surface area contributed by atoms with Crippen molar-refractivity contribution in [1.29, 1.82) is 0 Å². The molecule has 0 amide bonds. The fourth-order valence-electron chi connectivity index (χ4n) is 1.33. The van der Waals surface area contributed by atoms with Crippen molar-refractivity contribution in [2.75, 3.05) is 0 Å². The Kier molecular flexibility index (Phi) is 4.73. The van der Waals surface area contributed by atoms with Crippen LogP contribution in [0, 0.1) is 0 Å². The van der Waals surface area contributed by atoms with Crippen molar-refractivity contribution < 1.29 is 9.53 Å². The first-order chi connectivity index (χ1) is 8.01. The molecule has 5 heteroatoms. The average molecular weight is 272 g/mol. The molecule has 0 heterocycles. The topological polar surface area (TPSA) is 38.7 Å². The van der Waals surface area contributed by atoms with E-state index in [1.165, 1.54) is 13.0 Å². The molecule has 0 atom stereocenters. The Morgan fingerprint density at radius 3 is 2.59 bits per heavy atom. The minimum absolute atomic E-state index is 0.173. The molecule has 0 N–H and O–H groups in total. The summed E-state index contributed by atoms with van der Waals surface area (Å²) in [7, 11) is 0. The Morgan fingerprint density at radius 1 is 1.47 bits per heavy atom. The Bertz CT molecular complexity index is 496. The van der Waals surface area contributed by atoms with Gasteiger partial charge in [0, 0.05) is 12.5 Å². The normalized spacial score (nSPS) is 10.6. The number of esters is 1. The standard InChI is InChI=1S/C12H11Cl2NO2/c1-4-5-8-9(13)6-10(14)12(11(8)15-3)17-7(2)16/h4-6H,3H2,1-2H3/b5-4-. The van der Waals surface area contributed by atoms with Crippen LogP contribution in [0.4, 0.5) is 5.69 Å². The number of aliphatic imine (C=N–C) groups is 1. The first-order valence-electron chi connectivity index (χ1n) is 4.81. The molecule has 0 spiro atoms. The third kappa shape index (κ3) is 3.08. The summed E-state index contributed by atoms with van der Waals surface area (Å²) >= 11 is 12.0. The summed E-state index contributed by atoms with van der Waals surface area (Å²) in [6.07, 6.45) is 3.54. The number of carbonyl (C=O) groups is 1. The summed E-state index contributed by atoms with van der Waals surface area (Å²) in [6, 6.07) is 1.51. The van der Waals surface area contributed by atoms with Gasteiger partial charge in [-0.1, -0.05) is 35.4 Å². The van der Waals surface area contributed by atoms with Gasteiger partial charge in [-0.15, -0.1) is 0 Å². The second kappa shape index (κ2) is 5.84. The van der Waals surface area contributed by atoms with Crippen molar-refractivity contribution in [2.45, 2.75) is 13.8 Å². The second-order valence-electron chi connectivity index (χ2n) is 3.18. The number of nitrogens with zero attached hydrogens (tertiary/aromatic N) is 1. The van der Waals surface area contributed by atoms with E-state index < -0.39 is 5.97 Å². The molecule has 0 aromatic heterocycles. The summed E-state index contributed by atoms with van der Waals surface area (Å²) in [6.45, 7) is 6.55. The van der Waals surface area contributed by atoms with Crippen LogP contribution in [0.2, 0.25) is 10.0 Å². The molecule has 17 heavy (non-hydrogen) atoms. The van der Waals surface area contributed by atoms with Crippen LogP contribution in [0.15, 0.2) is 17.1 Å². The largest absolute Gasteiger partial charge is 0.423 e. The van der Waals surface area contributed by atoms with Gasteiger partial charge in [0.2, 0.25) is 0 Å². The van der Waals surface area contributed by atoms with E-state index >= 15 is 0 Å². The van der Waals surface area contributed by atoms with Crippen LogP contribution >= 0.6 is 23.2 Å². The van der Waals surface area contributed by atoms with Gasteiger partial charge >= 0.3 is 5.97 Å². The molecule has 1 aromatic rings. The molecule has 0 radical (unpaired) electrons. The smallest absolute Gasteiger partial charge is 0.308 e. The molecule has 90 valence electrons. The van der Waals surface area contributed by atoms with E-state index in [0.29, 0.717) is 16.3 Å². The zero-order valence-corrected chi connectivity index (χ0v) is 11.0. The highest BCUT2D eigenvalue weighted by molar-refractivity contribution is 6.37. The van der Waals surface area contributed by atoms with Gasteiger partial charge in [0.1, 0.15) is 5.69 Å². The second-order valence-corrected chi connectivity index (χ2v) is 4.00. The summed E-state index contributed by atoms with van der Waals surface area (Å²) in [5, 5.41) is 0.646. The maximum atomic E-state index is 11.0. The van der Waals surface area contributed by atoms with Crippen molar-refractivity contribution in [2.24, 2.45) is 4.99 Å². The lowest BCUT2D eigenvalue weighted by molar-refractivity contribution is -0.131. The first kappa shape index (κ1) is 13.7. The zero-order valence-electron chi connectivity index (χ0n) is 9.46. The van der Waals surface area contributed by atoms with Crippen LogP contribution in [0.3, 0.4) is 0 Å². The molecule has 0 bridgehead atoms. The molecule has 0 aliphatic carbocycles. The highest BCUT2D eigenvalue weighted by Gasteiger charge is 2.16. The van der Waals surface area contributed by atoms with E-state index in [9.17, 15) is 4.79 Å². The van der Waals surface area contributed by atoms with Gasteiger partial charge in [-0.25, -0.2) is 0 Å². The highest BCUT2D eigenvalue weighted by atomic mass is 35.5. The van der Waals surface area contributed by atoms with Gasteiger partial charge in [0.05, 0.1) is 10.0 Å². The van der Waals surface area contributed by atoms with Gasteiger partial charge in [-0.3, -0.25) is 9.79 Å². The predicted octanol–water partition coefficient (Wildman–Crippen LogP) is 4.28. The lowest BCUT2D eigenvalue weighted by atomic mass is 10.1. The van der Waals surface area contributed by atoms with Crippen molar-refractivity contribution in [3.8, 4) is 5.75 Å². The quantitative estimate of drug-likeness (QED) is 0.468. The number of allylic oxidation sites excluding steroid dienone is 1. The third-order valence-electron chi connectivity index (χ3n) is 1.94. The van der Waals surface area contributed by atoms with Crippen molar-refractivity contribution >= 4 is 47.7 Å². The number of halogens is 2. The first-order valence-corrected chi connectivity index (χ1v) is 5.56. The summed E-state index contributed by atoms with van der Waals surface area (Å²) in [5.41, 5.74) is 0.973. The number of rotatable bonds is 3. The molecule has 1 aromatic carbocycles. The summed E-state index contributed by atoms with van der Waals surface area (Å²) < 4.78 is 5.01. The molecule has 0 aliphatic rings. The van der Waals surface area contributed by atoms with Crippen LogP contribution in [0.25, 0.3) is 6.08 Å². The van der Waals surface area contributed by atoms with E-state index in [2.05, 4.69) is 11.7 Å². The van der Waals surface area contributed by atoms with E-state index in [1.54, 1.807) is 12.2 Å². The van der Waals surface area contributed by atoms with Crippen molar-refractivity contribution in [3.63, 3.8) is 0 Å². The monoisotopic (exact) mass is 271 g/mol. The summed E-state index contributed by atoms with van der Waals surface area (Å²) in [4.78, 5) is 14.8. The molecule has 0 fully saturated rings. The lowest BCUT2D eigenvalue weighted by Crippen LogP contribution is -2.02. The predicted molar refractivity (Wildman–Crippen MR) is 71.7 cm³/mol. The van der Waals surface area contributed by atoms with Gasteiger partial charge in [0.25, 0.3) is 0 Å². The highest BCUT2D eigenvalue weighted by Crippen LogP contribution is 2.42. The van der Waals surface area contributed by atoms with Crippen LogP contribution in [0.5, 0.6) is 5.75 Å². The summed E-state index contributed by atoms with van der Waals surface area (Å²) in [5.74, 6) is -0.308. The maximum absolute atomic E-state index is 11.0. The van der Waals surface area contributed by atoms with Crippen LogP contribution in [-0.4, -0.2) is 12.7 Å². The molecule has 0 unspecified atom stereocenters. The lowest BCUT2D eigenvalue weighted by Gasteiger charge is -2.11. The Hall–Kier alpha value is -1.32. The van der Waals surface area contributed by atoms with E-state index in [4.69, 9.17) is 27.9 Å². The zero-order chi connectivity index (χ0) is 13.0. The van der Waals surface area contributed by atoms with Gasteiger partial charge < -0.3 is 4.74 Å². The number of benzene rings is 1. The Labute approximate surface area is 110 Å². The molecular weight excluding hydrogens is 261 g/mol. The fraction of sp³-hybridized carbons (Fsp3) is 0.167. The minimum Gasteiger partial charge on any atom is -0.423 e. The molecule has 0 saturated carbocycles. The molecule has 0 aliphatic heterocycles. The van der Waals surface area contributed by atoms with Crippen LogP contribution in [0.1, 0.15) is 19.4 Å². The van der Waals surface area contributed by atoms with Gasteiger partial charge in [0.15, 0.2) is 5.75 Å². The Morgan fingerprint density at radius 2 is 2.12 bits per heavy atom. The number of hydrogen-bond acceptors (Lipinski definition) is 3. The molecule has 3 nitrogen and oxygen atoms in total. The number of ether oxygens (including phenoxy) is 1. The number of hydrogen-bond donors (Lipinski definition) is 0. The van der Waals surface area contributed by atoms with Crippen LogP contribution < -0.4 is 4.74 Å². The number of carbonyl (C=O) groups excluding carboxylic acids is 1. The third-order valence-corrected chi connectivity index (χ3v) is 2.53.